The van der Waals surface area contributed by atoms with Gasteiger partial charge in [-0.2, -0.15) is 0 Å². The van der Waals surface area contributed by atoms with Crippen molar-refractivity contribution in [1.82, 2.24) is 0 Å². The molecule has 0 radical (unpaired) electrons. The minimum absolute atomic E-state index is 0.272. The first-order valence-electron chi connectivity index (χ1n) is 6.33. The second-order valence-corrected chi connectivity index (χ2v) is 4.98. The molecule has 2 rings (SSSR count). The summed E-state index contributed by atoms with van der Waals surface area (Å²) in [7, 11) is 0. The number of hydrogen-bond donors (Lipinski definition) is 1. The lowest BCUT2D eigenvalue weighted by atomic mass is 10.0. The van der Waals surface area contributed by atoms with Crippen LogP contribution in [0.2, 0.25) is 0 Å². The van der Waals surface area contributed by atoms with Crippen LogP contribution in [0.15, 0.2) is 24.3 Å². The molecule has 1 amide bonds. The van der Waals surface area contributed by atoms with Crippen LogP contribution < -0.4 is 5.32 Å². The van der Waals surface area contributed by atoms with Gasteiger partial charge >= 0.3 is 0 Å². The van der Waals surface area contributed by atoms with Gasteiger partial charge in [0.15, 0.2) is 17.5 Å². The number of carbonyl (C=O) groups excluding carboxylic acids is 1. The average molecular weight is 293 g/mol. The zero-order chi connectivity index (χ0) is 15.7. The Morgan fingerprint density at radius 1 is 0.905 bits per heavy atom. The number of rotatable bonds is 2. The monoisotopic (exact) mass is 293 g/mol. The highest BCUT2D eigenvalue weighted by molar-refractivity contribution is 6.05. The molecular weight excluding hydrogens is 279 g/mol. The molecule has 21 heavy (non-hydrogen) atoms. The SMILES string of the molecule is Cc1cc(C)c(NC(=O)c2cc(F)c(F)c(F)c2)c(C)c1. The van der Waals surface area contributed by atoms with Crippen molar-refractivity contribution >= 4 is 11.6 Å². The lowest BCUT2D eigenvalue weighted by molar-refractivity contribution is 0.102. The predicted octanol–water partition coefficient (Wildman–Crippen LogP) is 4.28. The first-order valence-corrected chi connectivity index (χ1v) is 6.33. The maximum atomic E-state index is 13.2. The zero-order valence-electron chi connectivity index (χ0n) is 11.9. The van der Waals surface area contributed by atoms with Gasteiger partial charge in [0.1, 0.15) is 0 Å². The van der Waals surface area contributed by atoms with Gasteiger partial charge in [-0.25, -0.2) is 13.2 Å². The van der Waals surface area contributed by atoms with Gasteiger partial charge in [0.2, 0.25) is 0 Å². The Kier molecular flexibility index (Phi) is 4.02. The van der Waals surface area contributed by atoms with Crippen molar-refractivity contribution in [2.75, 3.05) is 5.32 Å². The van der Waals surface area contributed by atoms with E-state index >= 15 is 0 Å². The van der Waals surface area contributed by atoms with Crippen LogP contribution >= 0.6 is 0 Å². The van der Waals surface area contributed by atoms with E-state index in [-0.39, 0.29) is 5.56 Å². The third-order valence-corrected chi connectivity index (χ3v) is 3.16. The van der Waals surface area contributed by atoms with E-state index in [1.807, 2.05) is 32.9 Å². The molecule has 5 heteroatoms. The summed E-state index contributed by atoms with van der Waals surface area (Å²) in [6, 6.07) is 5.11. The molecule has 0 aliphatic rings. The van der Waals surface area contributed by atoms with Crippen molar-refractivity contribution in [2.45, 2.75) is 20.8 Å². The van der Waals surface area contributed by atoms with E-state index in [1.165, 1.54) is 0 Å². The van der Waals surface area contributed by atoms with Crippen LogP contribution in [0, 0.1) is 38.2 Å². The van der Waals surface area contributed by atoms with Gasteiger partial charge in [-0.1, -0.05) is 17.7 Å². The Morgan fingerprint density at radius 3 is 1.86 bits per heavy atom. The summed E-state index contributed by atoms with van der Waals surface area (Å²) < 4.78 is 39.2. The molecule has 2 aromatic carbocycles. The first-order chi connectivity index (χ1) is 9.79. The van der Waals surface area contributed by atoms with Gasteiger partial charge in [0.25, 0.3) is 5.91 Å². The zero-order valence-corrected chi connectivity index (χ0v) is 11.9. The standard InChI is InChI=1S/C16H14F3NO/c1-8-4-9(2)15(10(3)5-8)20-16(21)11-6-12(17)14(19)13(18)7-11/h4-7H,1-3H3,(H,20,21). The molecule has 0 heterocycles. The smallest absolute Gasteiger partial charge is 0.255 e. The molecule has 0 unspecified atom stereocenters. The summed E-state index contributed by atoms with van der Waals surface area (Å²) in [6.07, 6.45) is 0. The predicted molar refractivity (Wildman–Crippen MR) is 74.9 cm³/mol. The van der Waals surface area contributed by atoms with E-state index in [0.717, 1.165) is 16.7 Å². The Morgan fingerprint density at radius 2 is 1.38 bits per heavy atom. The number of aryl methyl sites for hydroxylation is 3. The maximum Gasteiger partial charge on any atom is 0.255 e. The van der Waals surface area contributed by atoms with Crippen LogP contribution in [0.5, 0.6) is 0 Å². The molecule has 110 valence electrons. The summed E-state index contributed by atoms with van der Waals surface area (Å²) in [5.74, 6) is -5.06. The van der Waals surface area contributed by atoms with Gasteiger partial charge in [-0.15, -0.1) is 0 Å². The second-order valence-electron chi connectivity index (χ2n) is 4.98. The molecule has 2 nitrogen and oxygen atoms in total. The summed E-state index contributed by atoms with van der Waals surface area (Å²) in [6.45, 7) is 5.57. The fourth-order valence-electron chi connectivity index (χ4n) is 2.25. The topological polar surface area (TPSA) is 29.1 Å². The van der Waals surface area contributed by atoms with E-state index in [9.17, 15) is 18.0 Å². The van der Waals surface area contributed by atoms with Crippen LogP contribution in [0.4, 0.5) is 18.9 Å². The number of amides is 1. The molecule has 1 N–H and O–H groups in total. The third-order valence-electron chi connectivity index (χ3n) is 3.16. The van der Waals surface area contributed by atoms with Crippen LogP contribution in [0.1, 0.15) is 27.0 Å². The molecule has 0 aliphatic carbocycles. The van der Waals surface area contributed by atoms with E-state index in [2.05, 4.69) is 5.32 Å². The first kappa shape index (κ1) is 15.1. The fourth-order valence-corrected chi connectivity index (χ4v) is 2.25. The quantitative estimate of drug-likeness (QED) is 0.823. The Bertz CT molecular complexity index is 679. The number of halogens is 3. The molecule has 2 aromatic rings. The molecule has 0 bridgehead atoms. The number of carbonyl (C=O) groups is 1. The van der Waals surface area contributed by atoms with Crippen LogP contribution in [-0.2, 0) is 0 Å². The fraction of sp³-hybridized carbons (Fsp3) is 0.188. The molecule has 0 aromatic heterocycles. The summed E-state index contributed by atoms with van der Waals surface area (Å²) in [4.78, 5) is 12.1. The summed E-state index contributed by atoms with van der Waals surface area (Å²) >= 11 is 0. The normalized spacial score (nSPS) is 10.6. The maximum absolute atomic E-state index is 13.2. The van der Waals surface area contributed by atoms with Crippen molar-refractivity contribution in [3.63, 3.8) is 0 Å². The van der Waals surface area contributed by atoms with Gasteiger partial charge in [0, 0.05) is 11.3 Å². The number of anilines is 1. The highest BCUT2D eigenvalue weighted by atomic mass is 19.2. The van der Waals surface area contributed by atoms with Gasteiger partial charge < -0.3 is 5.32 Å². The van der Waals surface area contributed by atoms with E-state index < -0.39 is 23.4 Å². The Labute approximate surface area is 120 Å². The lowest BCUT2D eigenvalue weighted by Crippen LogP contribution is -2.15. The average Bonchev–Trinajstić information content (AvgIpc) is 2.39. The van der Waals surface area contributed by atoms with Crippen molar-refractivity contribution in [1.29, 1.82) is 0 Å². The molecule has 0 saturated carbocycles. The largest absolute Gasteiger partial charge is 0.321 e. The summed E-state index contributed by atoms with van der Waals surface area (Å²) in [5, 5.41) is 2.60. The molecule has 0 atom stereocenters. The van der Waals surface area contributed by atoms with Crippen molar-refractivity contribution in [3.8, 4) is 0 Å². The highest BCUT2D eigenvalue weighted by Crippen LogP contribution is 2.23. The van der Waals surface area contributed by atoms with Gasteiger partial charge in [-0.3, -0.25) is 4.79 Å². The number of benzene rings is 2. The lowest BCUT2D eigenvalue weighted by Gasteiger charge is -2.13. The molecular formula is C16H14F3NO. The highest BCUT2D eigenvalue weighted by Gasteiger charge is 2.16. The van der Waals surface area contributed by atoms with Crippen molar-refractivity contribution in [3.05, 3.63) is 64.0 Å². The van der Waals surface area contributed by atoms with Crippen LogP contribution in [0.25, 0.3) is 0 Å². The van der Waals surface area contributed by atoms with Gasteiger partial charge in [0.05, 0.1) is 0 Å². The van der Waals surface area contributed by atoms with Crippen molar-refractivity contribution < 1.29 is 18.0 Å². The number of nitrogens with one attached hydrogen (secondary N) is 1. The third kappa shape index (κ3) is 3.07. The number of hydrogen-bond acceptors (Lipinski definition) is 1. The van der Waals surface area contributed by atoms with Crippen LogP contribution in [0.3, 0.4) is 0 Å². The van der Waals surface area contributed by atoms with E-state index in [0.29, 0.717) is 17.8 Å². The summed E-state index contributed by atoms with van der Waals surface area (Å²) in [5.41, 5.74) is 3.02. The minimum Gasteiger partial charge on any atom is -0.321 e. The van der Waals surface area contributed by atoms with Gasteiger partial charge in [-0.05, 0) is 44.0 Å². The minimum atomic E-state index is -1.59. The molecule has 0 fully saturated rings. The van der Waals surface area contributed by atoms with Crippen molar-refractivity contribution in [2.24, 2.45) is 0 Å². The Hall–Kier alpha value is -2.30. The molecule has 0 saturated heterocycles. The second kappa shape index (κ2) is 5.60. The van der Waals surface area contributed by atoms with E-state index in [1.54, 1.807) is 0 Å². The van der Waals surface area contributed by atoms with E-state index in [4.69, 9.17) is 0 Å². The Balaban J connectivity index is 2.35. The molecule has 0 aliphatic heterocycles. The molecule has 0 spiro atoms. The van der Waals surface area contributed by atoms with Crippen LogP contribution in [-0.4, -0.2) is 5.91 Å².